The third-order valence-electron chi connectivity index (χ3n) is 5.61. The Balaban J connectivity index is 1.74. The number of carbonyl (C=O) groups is 1. The molecule has 4 aromatic rings. The quantitative estimate of drug-likeness (QED) is 0.305. The Morgan fingerprint density at radius 2 is 1.66 bits per heavy atom. The minimum atomic E-state index is -3.45. The van der Waals surface area contributed by atoms with Crippen LogP contribution in [0, 0.1) is 6.92 Å². The highest BCUT2D eigenvalue weighted by atomic mass is 32.2. The molecule has 1 N–H and O–H groups in total. The molecule has 198 valence electrons. The first-order valence-corrected chi connectivity index (χ1v) is 13.6. The Kier molecular flexibility index (Phi) is 7.37. The molecule has 0 bridgehead atoms. The van der Waals surface area contributed by atoms with Gasteiger partial charge < -0.3 is 9.26 Å². The summed E-state index contributed by atoms with van der Waals surface area (Å²) >= 11 is 0. The Labute approximate surface area is 222 Å². The molecule has 1 aromatic carbocycles. The van der Waals surface area contributed by atoms with E-state index in [0.717, 1.165) is 11.1 Å². The summed E-state index contributed by atoms with van der Waals surface area (Å²) in [6.45, 7) is 10.5. The summed E-state index contributed by atoms with van der Waals surface area (Å²) in [7, 11) is -3.45. The minimum absolute atomic E-state index is 0.144. The van der Waals surface area contributed by atoms with Gasteiger partial charge in [0.1, 0.15) is 17.1 Å². The van der Waals surface area contributed by atoms with Crippen LogP contribution in [0.1, 0.15) is 40.2 Å². The van der Waals surface area contributed by atoms with E-state index >= 15 is 0 Å². The Bertz CT molecular complexity index is 1550. The van der Waals surface area contributed by atoms with Crippen LogP contribution in [0.2, 0.25) is 0 Å². The van der Waals surface area contributed by atoms with Crippen LogP contribution >= 0.6 is 0 Å². The Morgan fingerprint density at radius 3 is 2.26 bits per heavy atom. The molecule has 0 fully saturated rings. The number of rotatable bonds is 6. The van der Waals surface area contributed by atoms with E-state index < -0.39 is 26.8 Å². The highest BCUT2D eigenvalue weighted by Crippen LogP contribution is 2.33. The van der Waals surface area contributed by atoms with Crippen molar-refractivity contribution < 1.29 is 22.5 Å². The van der Waals surface area contributed by atoms with Gasteiger partial charge in [0.2, 0.25) is 0 Å². The van der Waals surface area contributed by atoms with Crippen molar-refractivity contribution in [3.8, 4) is 33.8 Å². The number of nitrogens with zero attached hydrogens (tertiary/aromatic N) is 3. The molecule has 0 saturated heterocycles. The molecule has 0 atom stereocenters. The van der Waals surface area contributed by atoms with Crippen LogP contribution in [-0.2, 0) is 14.6 Å². The molecule has 0 radical (unpaired) electrons. The topological polar surface area (TPSA) is 124 Å². The number of anilines is 1. The Hall–Kier alpha value is -4.05. The van der Waals surface area contributed by atoms with E-state index in [4.69, 9.17) is 9.26 Å². The van der Waals surface area contributed by atoms with Crippen LogP contribution in [0.5, 0.6) is 0 Å². The highest BCUT2D eigenvalue weighted by Gasteiger charge is 2.22. The first kappa shape index (κ1) is 27.0. The third kappa shape index (κ3) is 6.08. The molecule has 4 rings (SSSR count). The van der Waals surface area contributed by atoms with E-state index in [9.17, 15) is 13.2 Å². The van der Waals surface area contributed by atoms with Crippen LogP contribution in [-0.4, -0.2) is 40.5 Å². The molecular weight excluding hydrogens is 504 g/mol. The van der Waals surface area contributed by atoms with Crippen molar-refractivity contribution in [1.29, 1.82) is 0 Å². The summed E-state index contributed by atoms with van der Waals surface area (Å²) in [4.78, 5) is 21.5. The predicted molar refractivity (Wildman–Crippen MR) is 145 cm³/mol. The molecule has 0 aliphatic rings. The summed E-state index contributed by atoms with van der Waals surface area (Å²) < 4.78 is 36.0. The van der Waals surface area contributed by atoms with Crippen LogP contribution in [0.25, 0.3) is 33.8 Å². The molecule has 38 heavy (non-hydrogen) atoms. The van der Waals surface area contributed by atoms with Gasteiger partial charge in [0.25, 0.3) is 0 Å². The molecule has 0 aliphatic carbocycles. The normalized spacial score (nSPS) is 12.0. The van der Waals surface area contributed by atoms with E-state index in [2.05, 4.69) is 20.4 Å². The summed E-state index contributed by atoms with van der Waals surface area (Å²) in [5, 5.41) is 6.32. The number of amides is 1. The second kappa shape index (κ2) is 10.4. The number of hydrogen-bond donors (Lipinski definition) is 1. The average molecular weight is 535 g/mol. The molecule has 3 heterocycles. The summed E-state index contributed by atoms with van der Waals surface area (Å²) in [5.74, 6) is 0.591. The number of nitrogens with one attached hydrogen (secondary N) is 1. The van der Waals surface area contributed by atoms with E-state index in [1.165, 1.54) is 18.5 Å². The standard InChI is InChI=1S/C28H30N4O5S/c1-17(2)38(34,35)21-11-12-23(29-16-21)20-13-22(26(30-15-20)31-27(33)36-28(4,5)6)25-14-24(32-37-25)19-9-7-18(3)8-10-19/h7-17H,1-6H3,(H,30,31,33). The van der Waals surface area contributed by atoms with Crippen LogP contribution < -0.4 is 5.32 Å². The van der Waals surface area contributed by atoms with Crippen molar-refractivity contribution in [3.05, 3.63) is 66.5 Å². The lowest BCUT2D eigenvalue weighted by Crippen LogP contribution is -2.27. The van der Waals surface area contributed by atoms with E-state index in [1.807, 2.05) is 31.2 Å². The molecule has 3 aromatic heterocycles. The first-order valence-electron chi connectivity index (χ1n) is 12.1. The molecular formula is C28H30N4O5S. The van der Waals surface area contributed by atoms with Gasteiger partial charge in [-0.2, -0.15) is 0 Å². The lowest BCUT2D eigenvalue weighted by atomic mass is 10.1. The third-order valence-corrected chi connectivity index (χ3v) is 7.75. The van der Waals surface area contributed by atoms with Gasteiger partial charge in [0.15, 0.2) is 15.6 Å². The Morgan fingerprint density at radius 1 is 0.947 bits per heavy atom. The number of hydrogen-bond acceptors (Lipinski definition) is 8. The van der Waals surface area contributed by atoms with Gasteiger partial charge >= 0.3 is 6.09 Å². The lowest BCUT2D eigenvalue weighted by molar-refractivity contribution is 0.0635. The van der Waals surface area contributed by atoms with Gasteiger partial charge in [-0.05, 0) is 59.7 Å². The van der Waals surface area contributed by atoms with E-state index in [-0.39, 0.29) is 10.7 Å². The van der Waals surface area contributed by atoms with Gasteiger partial charge in [0, 0.05) is 29.6 Å². The average Bonchev–Trinajstić information content (AvgIpc) is 3.33. The maximum atomic E-state index is 12.5. The van der Waals surface area contributed by atoms with Gasteiger partial charge in [-0.15, -0.1) is 0 Å². The van der Waals surface area contributed by atoms with Crippen molar-refractivity contribution in [2.75, 3.05) is 5.32 Å². The summed E-state index contributed by atoms with van der Waals surface area (Å²) in [5.41, 5.74) is 3.48. The largest absolute Gasteiger partial charge is 0.444 e. The fraction of sp³-hybridized carbons (Fsp3) is 0.286. The second-order valence-corrected chi connectivity index (χ2v) is 12.7. The molecule has 9 nitrogen and oxygen atoms in total. The first-order chi connectivity index (χ1) is 17.8. The molecule has 10 heteroatoms. The maximum absolute atomic E-state index is 12.5. The van der Waals surface area contributed by atoms with Gasteiger partial charge in [0.05, 0.1) is 21.4 Å². The zero-order valence-corrected chi connectivity index (χ0v) is 23.0. The maximum Gasteiger partial charge on any atom is 0.413 e. The van der Waals surface area contributed by atoms with E-state index in [0.29, 0.717) is 28.3 Å². The second-order valence-electron chi connectivity index (χ2n) is 10.2. The van der Waals surface area contributed by atoms with Crippen molar-refractivity contribution in [3.63, 3.8) is 0 Å². The van der Waals surface area contributed by atoms with Crippen molar-refractivity contribution >= 4 is 21.7 Å². The highest BCUT2D eigenvalue weighted by molar-refractivity contribution is 7.92. The number of aromatic nitrogens is 3. The number of pyridine rings is 2. The summed E-state index contributed by atoms with van der Waals surface area (Å²) in [6.07, 6.45) is 2.20. The minimum Gasteiger partial charge on any atom is -0.444 e. The van der Waals surface area contributed by atoms with Crippen molar-refractivity contribution in [2.24, 2.45) is 0 Å². The molecule has 0 saturated carbocycles. The molecule has 1 amide bonds. The van der Waals surface area contributed by atoms with Gasteiger partial charge in [-0.1, -0.05) is 35.0 Å². The van der Waals surface area contributed by atoms with Gasteiger partial charge in [-0.25, -0.2) is 18.2 Å². The zero-order valence-electron chi connectivity index (χ0n) is 22.1. The molecule has 0 unspecified atom stereocenters. The number of ether oxygens (including phenoxy) is 1. The fourth-order valence-electron chi connectivity index (χ4n) is 3.55. The summed E-state index contributed by atoms with van der Waals surface area (Å²) in [6, 6.07) is 14.5. The van der Waals surface area contributed by atoms with Gasteiger partial charge in [-0.3, -0.25) is 10.3 Å². The fourth-order valence-corrected chi connectivity index (χ4v) is 4.55. The predicted octanol–water partition coefficient (Wildman–Crippen LogP) is 6.30. The number of carbonyl (C=O) groups excluding carboxylic acids is 1. The number of benzene rings is 1. The number of aryl methyl sites for hydroxylation is 1. The smallest absolute Gasteiger partial charge is 0.413 e. The van der Waals surface area contributed by atoms with E-state index in [1.54, 1.807) is 52.8 Å². The van der Waals surface area contributed by atoms with Crippen molar-refractivity contribution in [2.45, 2.75) is 57.3 Å². The lowest BCUT2D eigenvalue weighted by Gasteiger charge is -2.20. The SMILES string of the molecule is Cc1ccc(-c2cc(-c3cc(-c4ccc(S(=O)(=O)C(C)C)cn4)cnc3NC(=O)OC(C)(C)C)on2)cc1. The molecule has 0 spiro atoms. The van der Waals surface area contributed by atoms with Crippen LogP contribution in [0.4, 0.5) is 10.6 Å². The van der Waals surface area contributed by atoms with Crippen molar-refractivity contribution in [1.82, 2.24) is 15.1 Å². The monoisotopic (exact) mass is 534 g/mol. The van der Waals surface area contributed by atoms with Crippen LogP contribution in [0.15, 0.2) is 70.3 Å². The molecule has 0 aliphatic heterocycles. The zero-order chi connectivity index (χ0) is 27.7. The van der Waals surface area contributed by atoms with Crippen LogP contribution in [0.3, 0.4) is 0 Å². The number of sulfone groups is 1.